The Kier molecular flexibility index (Phi) is 22.6. The fourth-order valence-corrected chi connectivity index (χ4v) is 18.8. The Bertz CT molecular complexity index is 2680. The maximum absolute atomic E-state index is 14.8. The van der Waals surface area contributed by atoms with Crippen molar-refractivity contribution in [3.63, 3.8) is 0 Å². The van der Waals surface area contributed by atoms with Crippen LogP contribution in [0, 0.1) is 35.5 Å². The molecule has 1 spiro atoms. The van der Waals surface area contributed by atoms with Gasteiger partial charge in [-0.05, 0) is 116 Å². The number of fused-ring (bicyclic) bond motifs is 7. The van der Waals surface area contributed by atoms with Crippen molar-refractivity contribution in [3.8, 4) is 0 Å². The number of ether oxygens (including phenoxy) is 14. The summed E-state index contributed by atoms with van der Waals surface area (Å²) in [6, 6.07) is 0. The summed E-state index contributed by atoms with van der Waals surface area (Å²) in [6.07, 6.45) is 7.66. The van der Waals surface area contributed by atoms with Crippen LogP contribution in [-0.4, -0.2) is 186 Å². The van der Waals surface area contributed by atoms with Gasteiger partial charge >= 0.3 is 5.97 Å². The maximum Gasteiger partial charge on any atom is 0.308 e. The molecule has 19 heteroatoms. The number of carbonyl (C=O) groups is 3. The molecule has 0 radical (unpaired) electrons. The third-order valence-corrected chi connectivity index (χ3v) is 28.6. The molecule has 12 aliphatic heterocycles. The molecule has 0 N–H and O–H groups in total. The highest BCUT2D eigenvalue weighted by molar-refractivity contribution is 6.74. The Morgan fingerprint density at radius 2 is 1.45 bits per heavy atom. The Balaban J connectivity index is 0.793. The zero-order valence-corrected chi connectivity index (χ0v) is 59.7. The highest BCUT2D eigenvalue weighted by Crippen LogP contribution is 2.59. The Labute approximate surface area is 556 Å². The minimum atomic E-state index is -2.40. The van der Waals surface area contributed by atoms with Crippen LogP contribution in [0.2, 0.25) is 18.1 Å². The van der Waals surface area contributed by atoms with E-state index in [1.807, 2.05) is 6.08 Å². The van der Waals surface area contributed by atoms with Crippen molar-refractivity contribution >= 4 is 25.9 Å². The fraction of sp³-hybridized carbons (Fsp3) is 0.851. The predicted molar refractivity (Wildman–Crippen MR) is 352 cm³/mol. The summed E-state index contributed by atoms with van der Waals surface area (Å²) in [6.45, 7) is 39.5. The van der Waals surface area contributed by atoms with Gasteiger partial charge < -0.3 is 70.7 Å². The topological polar surface area (TPSA) is 190 Å². The van der Waals surface area contributed by atoms with Gasteiger partial charge in [-0.1, -0.05) is 101 Å². The number of ketones is 2. The van der Waals surface area contributed by atoms with Crippen molar-refractivity contribution in [3.05, 3.63) is 49.1 Å². The molecule has 12 saturated heterocycles. The lowest BCUT2D eigenvalue weighted by molar-refractivity contribution is -0.305. The van der Waals surface area contributed by atoms with Crippen LogP contribution in [0.5, 0.6) is 0 Å². The number of allylic oxidation sites excluding steroid dienone is 1. The molecule has 93 heavy (non-hydrogen) atoms. The van der Waals surface area contributed by atoms with Gasteiger partial charge in [0.05, 0.1) is 111 Å². The van der Waals surface area contributed by atoms with Crippen molar-refractivity contribution in [2.45, 2.75) is 343 Å². The second-order valence-corrected chi connectivity index (χ2v) is 36.8. The quantitative estimate of drug-likeness (QED) is 0.0456. The van der Waals surface area contributed by atoms with E-state index < -0.39 is 105 Å². The van der Waals surface area contributed by atoms with Crippen LogP contribution in [0.15, 0.2) is 49.1 Å². The van der Waals surface area contributed by atoms with E-state index >= 15 is 0 Å². The maximum atomic E-state index is 14.8. The third kappa shape index (κ3) is 15.4. The first-order valence-electron chi connectivity index (χ1n) is 36.0. The molecule has 0 aromatic heterocycles. The van der Waals surface area contributed by atoms with Gasteiger partial charge in [0.25, 0.3) is 0 Å². The van der Waals surface area contributed by atoms with Gasteiger partial charge in [0, 0.05) is 65.1 Å². The molecule has 12 heterocycles. The van der Waals surface area contributed by atoms with E-state index in [9.17, 15) is 14.4 Å². The van der Waals surface area contributed by atoms with Crippen LogP contribution < -0.4 is 0 Å². The first-order chi connectivity index (χ1) is 44.1. The van der Waals surface area contributed by atoms with Gasteiger partial charge in [0.15, 0.2) is 19.9 Å². The second-order valence-electron chi connectivity index (χ2n) is 32.1. The molecule has 12 fully saturated rings. The number of methoxy groups -OCH3 is 2. The van der Waals surface area contributed by atoms with Crippen LogP contribution in [0.25, 0.3) is 0 Å². The number of hydrogen-bond acceptors (Lipinski definition) is 18. The molecule has 12 aliphatic rings. The zero-order valence-electron chi connectivity index (χ0n) is 58.7. The van der Waals surface area contributed by atoms with Gasteiger partial charge in [-0.3, -0.25) is 14.4 Å². The Morgan fingerprint density at radius 3 is 2.18 bits per heavy atom. The summed E-state index contributed by atoms with van der Waals surface area (Å²) in [7, 11) is 1.000. The monoisotopic (exact) mass is 1320 g/mol. The van der Waals surface area contributed by atoms with Crippen molar-refractivity contribution in [2.24, 2.45) is 35.5 Å². The molecule has 0 aliphatic carbocycles. The summed E-state index contributed by atoms with van der Waals surface area (Å²) in [4.78, 5) is 43.4. The lowest BCUT2D eigenvalue weighted by Crippen LogP contribution is -2.62. The summed E-state index contributed by atoms with van der Waals surface area (Å²) in [5, 5.41) is -0.121. The van der Waals surface area contributed by atoms with Crippen molar-refractivity contribution in [1.29, 1.82) is 0 Å². The van der Waals surface area contributed by atoms with E-state index in [1.54, 1.807) is 26.4 Å². The smallest absolute Gasteiger partial charge is 0.308 e. The van der Waals surface area contributed by atoms with Crippen molar-refractivity contribution < 1.29 is 85.1 Å². The third-order valence-electron chi connectivity index (χ3n) is 24.1. The Morgan fingerprint density at radius 1 is 0.731 bits per heavy atom. The molecule has 0 saturated carbocycles. The number of rotatable bonds is 21. The zero-order chi connectivity index (χ0) is 66.6. The number of hydrogen-bond donors (Lipinski definition) is 0. The standard InChI is InChI=1S/C74H116O18Si/c1-18-28-80-74-39-73-27-26-52-33-44(7)53(81-52)24-21-50-32-41(4)46(9)57(82-50)37-61-66(88-63(77)35-51-22-25-55-67(83-51)68(89-73)69(90-74)70(85-55)71(74)91-73)47(10)65-62(84-61)38-58(78-14)59(87-65)34-48(75)20-23-54(92-93(16,17)72(11,12)13)43(6)30-49(76)31-45(8)64-60(79-15)36-56(86-64)42(5)29-40(3)19-2/h18,20,23,40-43,45,47,50-62,64-71H,1,7,9,19,21-22,24-39H2,2-6,8,10-17H3/b23-20+. The average molecular weight is 1320 g/mol. The summed E-state index contributed by atoms with van der Waals surface area (Å²) in [5.74, 6) is -1.98. The average Bonchev–Trinajstić information content (AvgIpc) is 1.51. The molecule has 0 aromatic rings. The van der Waals surface area contributed by atoms with Crippen LogP contribution in [0.1, 0.15) is 185 Å². The van der Waals surface area contributed by atoms with Gasteiger partial charge in [-0.2, -0.15) is 0 Å². The molecule has 524 valence electrons. The highest BCUT2D eigenvalue weighted by atomic mass is 28.4. The summed E-state index contributed by atoms with van der Waals surface area (Å²) >= 11 is 0. The van der Waals surface area contributed by atoms with E-state index in [2.05, 4.69) is 102 Å². The largest absolute Gasteiger partial charge is 0.459 e. The van der Waals surface area contributed by atoms with Gasteiger partial charge in [0.2, 0.25) is 5.79 Å². The normalized spacial score (nSPS) is 43.6. The number of Topliss-reactive ketones (excluding diaryl/α,β-unsaturated/α-hetero) is 1. The first-order valence-corrected chi connectivity index (χ1v) is 38.9. The van der Waals surface area contributed by atoms with Crippen LogP contribution >= 0.6 is 0 Å². The van der Waals surface area contributed by atoms with E-state index in [1.165, 1.54) is 0 Å². The molecular formula is C74H116O18Si. The van der Waals surface area contributed by atoms with Crippen LogP contribution in [-0.2, 0) is 85.1 Å². The fourth-order valence-electron chi connectivity index (χ4n) is 17.5. The van der Waals surface area contributed by atoms with E-state index in [0.717, 1.165) is 56.1 Å². The molecular weight excluding hydrogens is 1200 g/mol. The molecule has 29 atom stereocenters. The van der Waals surface area contributed by atoms with Crippen LogP contribution in [0.3, 0.4) is 0 Å². The van der Waals surface area contributed by atoms with Crippen molar-refractivity contribution in [1.82, 2.24) is 0 Å². The summed E-state index contributed by atoms with van der Waals surface area (Å²) in [5.41, 5.74) is 2.07. The molecule has 12 bridgehead atoms. The summed E-state index contributed by atoms with van der Waals surface area (Å²) < 4.78 is 102. The molecule has 12 rings (SSSR count). The molecule has 0 aromatic carbocycles. The lowest BCUT2D eigenvalue weighted by atomic mass is 9.79. The van der Waals surface area contributed by atoms with E-state index in [0.29, 0.717) is 69.6 Å². The minimum absolute atomic E-state index is 0.00770. The second kappa shape index (κ2) is 29.3. The Hall–Kier alpha value is -2.57. The first kappa shape index (κ1) is 71.7. The number of esters is 1. The van der Waals surface area contributed by atoms with Gasteiger partial charge in [-0.15, -0.1) is 6.58 Å². The van der Waals surface area contributed by atoms with Crippen molar-refractivity contribution in [2.75, 3.05) is 20.8 Å². The number of carbonyl (C=O) groups excluding carboxylic acids is 3. The lowest BCUT2D eigenvalue weighted by Gasteiger charge is -2.51. The predicted octanol–water partition coefficient (Wildman–Crippen LogP) is 12.2. The van der Waals surface area contributed by atoms with Gasteiger partial charge in [0.1, 0.15) is 42.4 Å². The highest BCUT2D eigenvalue weighted by Gasteiger charge is 2.75. The molecule has 18 nitrogen and oxygen atoms in total. The van der Waals surface area contributed by atoms with Crippen LogP contribution in [0.4, 0.5) is 0 Å². The minimum Gasteiger partial charge on any atom is -0.459 e. The van der Waals surface area contributed by atoms with E-state index in [-0.39, 0.29) is 109 Å². The molecule has 0 amide bonds. The van der Waals surface area contributed by atoms with E-state index in [4.69, 9.17) is 70.7 Å². The SMILES string of the molecule is C=CCOC12CC34CCC5CC(=C)C(CCC6CC(C)C(=C)C(CC7OC8CC(OC)C(CC(=O)/C=C/C(O[Si](C)(C)C(C)(C)C)C(C)CC(=O)CC(C)C9OC(C(C)CC(C)CC)CC9OC)OC8C(C)C7OC(=O)CC7CCC8OC(C(O1)C(O3)C8O7)C2O4)O6)O5. The molecule has 29 unspecified atom stereocenters. The van der Waals surface area contributed by atoms with Gasteiger partial charge in [-0.25, -0.2) is 0 Å².